The zero-order valence-corrected chi connectivity index (χ0v) is 13.1. The van der Waals surface area contributed by atoms with Crippen LogP contribution in [0, 0.1) is 0 Å². The number of pyridine rings is 2. The summed E-state index contributed by atoms with van der Waals surface area (Å²) in [6, 6.07) is 4.18. The van der Waals surface area contributed by atoms with Gasteiger partial charge in [0.05, 0.1) is 35.7 Å². The van der Waals surface area contributed by atoms with Crippen molar-refractivity contribution in [1.82, 2.24) is 14.9 Å². The quantitative estimate of drug-likeness (QED) is 0.866. The van der Waals surface area contributed by atoms with Gasteiger partial charge in [-0.2, -0.15) is 0 Å². The van der Waals surface area contributed by atoms with E-state index in [1.165, 1.54) is 21.2 Å². The van der Waals surface area contributed by atoms with Crippen molar-refractivity contribution in [2.75, 3.05) is 44.3 Å². The Labute approximate surface area is 134 Å². The fourth-order valence-corrected chi connectivity index (χ4v) is 3.92. The topological polar surface area (TPSA) is 41.5 Å². The maximum Gasteiger partial charge on any atom is 0.0739 e. The summed E-state index contributed by atoms with van der Waals surface area (Å²) in [5.74, 6) is 0. The Hall–Kier alpha value is -1.63. The predicted molar refractivity (Wildman–Crippen MR) is 86.9 cm³/mol. The molecule has 22 heavy (non-hydrogen) atoms. The molecule has 0 N–H and O–H groups in total. The maximum absolute atomic E-state index is 5.43. The van der Waals surface area contributed by atoms with Crippen LogP contribution in [-0.2, 0) is 4.74 Å². The number of aromatic nitrogens is 2. The van der Waals surface area contributed by atoms with Crippen molar-refractivity contribution in [1.29, 1.82) is 0 Å². The van der Waals surface area contributed by atoms with Crippen LogP contribution in [0.25, 0.3) is 0 Å². The molecule has 114 valence electrons. The van der Waals surface area contributed by atoms with Gasteiger partial charge in [-0.25, -0.2) is 0 Å². The Bertz CT molecular complexity index is 615. The maximum atomic E-state index is 5.43. The molecule has 0 saturated carbocycles. The summed E-state index contributed by atoms with van der Waals surface area (Å²) in [5.41, 5.74) is 2.42. The molecule has 4 heterocycles. The number of ether oxygens (including phenoxy) is 1. The van der Waals surface area contributed by atoms with Crippen molar-refractivity contribution in [2.45, 2.75) is 9.79 Å². The summed E-state index contributed by atoms with van der Waals surface area (Å²) in [4.78, 5) is 15.9. The molecule has 4 rings (SSSR count). The lowest BCUT2D eigenvalue weighted by molar-refractivity contribution is 0.0394. The second-order valence-electron chi connectivity index (χ2n) is 5.39. The number of morpholine rings is 1. The van der Waals surface area contributed by atoms with Gasteiger partial charge in [0.1, 0.15) is 0 Å². The molecule has 0 radical (unpaired) electrons. The third-order valence-electron chi connectivity index (χ3n) is 4.07. The zero-order valence-electron chi connectivity index (χ0n) is 12.3. The van der Waals surface area contributed by atoms with Gasteiger partial charge in [-0.15, -0.1) is 0 Å². The minimum Gasteiger partial charge on any atom is -0.379 e. The number of anilines is 2. The smallest absolute Gasteiger partial charge is 0.0739 e. The zero-order chi connectivity index (χ0) is 14.8. The molecular formula is C16H18N4OS. The minimum absolute atomic E-state index is 0.842. The van der Waals surface area contributed by atoms with Gasteiger partial charge in [0.2, 0.25) is 0 Å². The first-order valence-corrected chi connectivity index (χ1v) is 8.37. The van der Waals surface area contributed by atoms with Gasteiger partial charge >= 0.3 is 0 Å². The number of fused-ring (bicyclic) bond motifs is 2. The first-order chi connectivity index (χ1) is 10.9. The fourth-order valence-electron chi connectivity index (χ4n) is 2.89. The third-order valence-corrected chi connectivity index (χ3v) is 5.17. The van der Waals surface area contributed by atoms with Crippen molar-refractivity contribution in [2.24, 2.45) is 0 Å². The van der Waals surface area contributed by atoms with E-state index in [2.05, 4.69) is 31.9 Å². The number of nitrogens with zero attached hydrogens (tertiary/aromatic N) is 4. The van der Waals surface area contributed by atoms with Crippen LogP contribution in [0.1, 0.15) is 0 Å². The van der Waals surface area contributed by atoms with Gasteiger partial charge in [0.25, 0.3) is 0 Å². The summed E-state index contributed by atoms with van der Waals surface area (Å²) in [6.07, 6.45) is 7.63. The van der Waals surface area contributed by atoms with E-state index >= 15 is 0 Å². The Balaban J connectivity index is 1.60. The monoisotopic (exact) mass is 314 g/mol. The lowest BCUT2D eigenvalue weighted by Gasteiger charge is -2.34. The van der Waals surface area contributed by atoms with Gasteiger partial charge in [0.15, 0.2) is 0 Å². The molecule has 2 aromatic rings. The molecule has 0 spiro atoms. The van der Waals surface area contributed by atoms with Crippen molar-refractivity contribution in [3.8, 4) is 0 Å². The van der Waals surface area contributed by atoms with E-state index in [4.69, 9.17) is 4.74 Å². The lowest BCUT2D eigenvalue weighted by atomic mass is 10.2. The Morgan fingerprint density at radius 2 is 1.77 bits per heavy atom. The molecule has 0 aliphatic carbocycles. The van der Waals surface area contributed by atoms with E-state index in [1.807, 2.05) is 24.8 Å². The number of hydrogen-bond donors (Lipinski definition) is 0. The van der Waals surface area contributed by atoms with E-state index in [1.54, 1.807) is 11.8 Å². The molecule has 1 fully saturated rings. The van der Waals surface area contributed by atoms with Gasteiger partial charge in [0, 0.05) is 49.7 Å². The molecule has 0 atom stereocenters. The van der Waals surface area contributed by atoms with Crippen LogP contribution in [0.15, 0.2) is 46.7 Å². The highest BCUT2D eigenvalue weighted by Crippen LogP contribution is 2.46. The van der Waals surface area contributed by atoms with Crippen molar-refractivity contribution in [3.63, 3.8) is 0 Å². The molecule has 2 aliphatic heterocycles. The van der Waals surface area contributed by atoms with Crippen molar-refractivity contribution >= 4 is 23.1 Å². The molecule has 0 amide bonds. The first kappa shape index (κ1) is 14.0. The van der Waals surface area contributed by atoms with Crippen LogP contribution >= 0.6 is 11.8 Å². The molecule has 0 bridgehead atoms. The average molecular weight is 314 g/mol. The highest BCUT2D eigenvalue weighted by atomic mass is 32.2. The second-order valence-corrected chi connectivity index (χ2v) is 6.48. The van der Waals surface area contributed by atoms with E-state index in [9.17, 15) is 0 Å². The van der Waals surface area contributed by atoms with Crippen molar-refractivity contribution < 1.29 is 4.74 Å². The number of hydrogen-bond acceptors (Lipinski definition) is 6. The van der Waals surface area contributed by atoms with Crippen molar-refractivity contribution in [3.05, 3.63) is 36.9 Å². The fraction of sp³-hybridized carbons (Fsp3) is 0.375. The Morgan fingerprint density at radius 3 is 2.68 bits per heavy atom. The van der Waals surface area contributed by atoms with Gasteiger partial charge < -0.3 is 9.64 Å². The van der Waals surface area contributed by atoms with Gasteiger partial charge in [-0.3, -0.25) is 14.9 Å². The predicted octanol–water partition coefficient (Wildman–Crippen LogP) is 2.41. The highest BCUT2D eigenvalue weighted by Gasteiger charge is 2.24. The SMILES string of the molecule is c1cc2c(cn1)Sc1ccncc1N2CCN1CCOCC1. The van der Waals surface area contributed by atoms with Crippen LogP contribution in [0.2, 0.25) is 0 Å². The van der Waals surface area contributed by atoms with E-state index in [0.717, 1.165) is 39.4 Å². The molecule has 2 aromatic heterocycles. The largest absolute Gasteiger partial charge is 0.379 e. The summed E-state index contributed by atoms with van der Waals surface area (Å²) in [5, 5.41) is 0. The van der Waals surface area contributed by atoms with E-state index in [0.29, 0.717) is 0 Å². The molecule has 0 unspecified atom stereocenters. The van der Waals surface area contributed by atoms with Crippen LogP contribution in [-0.4, -0.2) is 54.3 Å². The van der Waals surface area contributed by atoms with Crippen LogP contribution in [0.3, 0.4) is 0 Å². The van der Waals surface area contributed by atoms with Crippen LogP contribution < -0.4 is 4.90 Å². The summed E-state index contributed by atoms with van der Waals surface area (Å²) < 4.78 is 5.43. The molecular weight excluding hydrogens is 296 g/mol. The highest BCUT2D eigenvalue weighted by molar-refractivity contribution is 7.99. The standard InChI is InChI=1S/C16H18N4OS/c1-3-18-12-16-13(1)20(6-5-19-7-9-21-10-8-19)14-11-17-4-2-15(14)22-16/h1-4,11-12H,5-10H2. The Kier molecular flexibility index (Phi) is 3.97. The lowest BCUT2D eigenvalue weighted by Crippen LogP contribution is -2.41. The van der Waals surface area contributed by atoms with Crippen LogP contribution in [0.4, 0.5) is 11.4 Å². The van der Waals surface area contributed by atoms with E-state index < -0.39 is 0 Å². The number of rotatable bonds is 3. The molecule has 6 heteroatoms. The summed E-state index contributed by atoms with van der Waals surface area (Å²) in [6.45, 7) is 5.71. The van der Waals surface area contributed by atoms with Gasteiger partial charge in [-0.1, -0.05) is 11.8 Å². The second kappa shape index (κ2) is 6.24. The molecule has 2 aliphatic rings. The first-order valence-electron chi connectivity index (χ1n) is 7.55. The average Bonchev–Trinajstić information content (AvgIpc) is 2.59. The minimum atomic E-state index is 0.842. The molecule has 0 aromatic carbocycles. The summed E-state index contributed by atoms with van der Waals surface area (Å²) in [7, 11) is 0. The molecule has 1 saturated heterocycles. The normalized spacial score (nSPS) is 17.9. The molecule has 5 nitrogen and oxygen atoms in total. The third kappa shape index (κ3) is 2.69. The van der Waals surface area contributed by atoms with Gasteiger partial charge in [-0.05, 0) is 12.1 Å². The summed E-state index contributed by atoms with van der Waals surface area (Å²) >= 11 is 1.77. The van der Waals surface area contributed by atoms with E-state index in [-0.39, 0.29) is 0 Å². The van der Waals surface area contributed by atoms with Crippen LogP contribution in [0.5, 0.6) is 0 Å². The Morgan fingerprint density at radius 1 is 0.955 bits per heavy atom.